The minimum Gasteiger partial charge on any atom is -0.494 e. The van der Waals surface area contributed by atoms with Crippen molar-refractivity contribution in [3.05, 3.63) is 48.8 Å². The van der Waals surface area contributed by atoms with E-state index >= 15 is 0 Å². The molecule has 0 saturated heterocycles. The monoisotopic (exact) mass is 370 g/mol. The van der Waals surface area contributed by atoms with Gasteiger partial charge < -0.3 is 9.47 Å². The van der Waals surface area contributed by atoms with Crippen molar-refractivity contribution in [1.82, 2.24) is 19.7 Å². The summed E-state index contributed by atoms with van der Waals surface area (Å²) < 4.78 is 13.0. The van der Waals surface area contributed by atoms with Gasteiger partial charge in [-0.15, -0.1) is 10.2 Å². The second kappa shape index (κ2) is 9.35. The summed E-state index contributed by atoms with van der Waals surface area (Å²) in [5.74, 6) is 2.45. The quantitative estimate of drug-likeness (QED) is 0.421. The summed E-state index contributed by atoms with van der Waals surface area (Å²) in [6.07, 6.45) is 3.52. The van der Waals surface area contributed by atoms with Gasteiger partial charge >= 0.3 is 0 Å². The van der Waals surface area contributed by atoms with Crippen LogP contribution in [0.3, 0.4) is 0 Å². The third kappa shape index (κ3) is 4.42. The predicted molar refractivity (Wildman–Crippen MR) is 103 cm³/mol. The van der Waals surface area contributed by atoms with E-state index in [9.17, 15) is 0 Å². The summed E-state index contributed by atoms with van der Waals surface area (Å²) in [4.78, 5) is 4.09. The Labute approximate surface area is 157 Å². The van der Waals surface area contributed by atoms with Crippen molar-refractivity contribution in [2.45, 2.75) is 19.0 Å². The largest absolute Gasteiger partial charge is 0.494 e. The Morgan fingerprint density at radius 1 is 0.962 bits per heavy atom. The van der Waals surface area contributed by atoms with Gasteiger partial charge in [0.25, 0.3) is 0 Å². The third-order valence-electron chi connectivity index (χ3n) is 3.64. The Kier molecular flexibility index (Phi) is 6.62. The molecular weight excluding hydrogens is 348 g/mol. The van der Waals surface area contributed by atoms with E-state index in [2.05, 4.69) is 19.7 Å². The van der Waals surface area contributed by atoms with E-state index < -0.39 is 0 Å². The van der Waals surface area contributed by atoms with Gasteiger partial charge in [-0.3, -0.25) is 9.55 Å². The summed E-state index contributed by atoms with van der Waals surface area (Å²) in [6.45, 7) is 6.01. The molecule has 6 nitrogen and oxygen atoms in total. The molecule has 0 unspecified atom stereocenters. The van der Waals surface area contributed by atoms with Crippen LogP contribution in [0.4, 0.5) is 0 Å². The molecular formula is C19H22N4O2S. The lowest BCUT2D eigenvalue weighted by Gasteiger charge is -2.11. The zero-order chi connectivity index (χ0) is 18.2. The van der Waals surface area contributed by atoms with Crippen LogP contribution in [0, 0.1) is 0 Å². The van der Waals surface area contributed by atoms with Crippen molar-refractivity contribution in [3.8, 4) is 22.8 Å². The first-order chi connectivity index (χ1) is 12.8. The smallest absolute Gasteiger partial charge is 0.196 e. The average molecular weight is 370 g/mol. The average Bonchev–Trinajstić information content (AvgIpc) is 3.11. The van der Waals surface area contributed by atoms with Crippen molar-refractivity contribution in [1.29, 1.82) is 0 Å². The highest BCUT2D eigenvalue weighted by Crippen LogP contribution is 2.28. The molecule has 7 heteroatoms. The van der Waals surface area contributed by atoms with Crippen LogP contribution in [0.2, 0.25) is 0 Å². The Morgan fingerprint density at radius 3 is 2.42 bits per heavy atom. The number of rotatable bonds is 9. The Hall–Kier alpha value is -2.38. The van der Waals surface area contributed by atoms with E-state index in [1.54, 1.807) is 24.2 Å². The number of hydrogen-bond acceptors (Lipinski definition) is 6. The molecule has 0 fully saturated rings. The molecule has 0 spiro atoms. The maximum atomic E-state index is 5.54. The Morgan fingerprint density at radius 2 is 1.73 bits per heavy atom. The lowest BCUT2D eigenvalue weighted by Crippen LogP contribution is -2.02. The molecule has 3 aromatic rings. The zero-order valence-electron chi connectivity index (χ0n) is 15.0. The van der Waals surface area contributed by atoms with Crippen LogP contribution < -0.4 is 4.74 Å². The van der Waals surface area contributed by atoms with Gasteiger partial charge in [0.15, 0.2) is 11.0 Å². The lowest BCUT2D eigenvalue weighted by atomic mass is 10.2. The molecule has 0 saturated carbocycles. The molecule has 0 N–H and O–H groups in total. The minimum absolute atomic E-state index is 0.646. The zero-order valence-corrected chi connectivity index (χ0v) is 15.8. The van der Waals surface area contributed by atoms with Crippen molar-refractivity contribution >= 4 is 11.8 Å². The molecule has 3 rings (SSSR count). The first kappa shape index (κ1) is 18.4. The summed E-state index contributed by atoms with van der Waals surface area (Å²) in [6, 6.07) is 11.8. The number of hydrogen-bond donors (Lipinski definition) is 0. The fraction of sp³-hybridized carbons (Fsp3) is 0.316. The molecule has 136 valence electrons. The van der Waals surface area contributed by atoms with Gasteiger partial charge in [-0.2, -0.15) is 0 Å². The summed E-state index contributed by atoms with van der Waals surface area (Å²) in [5.41, 5.74) is 1.96. The molecule has 2 heterocycles. The van der Waals surface area contributed by atoms with E-state index in [-0.39, 0.29) is 0 Å². The van der Waals surface area contributed by atoms with Crippen molar-refractivity contribution < 1.29 is 9.47 Å². The number of aromatic nitrogens is 4. The van der Waals surface area contributed by atoms with Crippen LogP contribution >= 0.6 is 11.8 Å². The van der Waals surface area contributed by atoms with E-state index in [4.69, 9.17) is 9.47 Å². The van der Waals surface area contributed by atoms with Crippen LogP contribution in [-0.2, 0) is 4.74 Å². The molecule has 1 aromatic carbocycles. The van der Waals surface area contributed by atoms with Crippen molar-refractivity contribution in [2.24, 2.45) is 0 Å². The second-order valence-electron chi connectivity index (χ2n) is 5.35. The lowest BCUT2D eigenvalue weighted by molar-refractivity contribution is 0.164. The first-order valence-electron chi connectivity index (χ1n) is 8.63. The standard InChI is InChI=1S/C19H22N4O2S/c1-3-24-13-14-26-19-22-21-18(15-9-11-20-12-10-15)23(19)16-5-7-17(8-6-16)25-4-2/h5-12H,3-4,13-14H2,1-2H3. The third-order valence-corrected chi connectivity index (χ3v) is 4.53. The first-order valence-corrected chi connectivity index (χ1v) is 9.61. The Balaban J connectivity index is 1.94. The van der Waals surface area contributed by atoms with Crippen LogP contribution in [0.5, 0.6) is 5.75 Å². The molecule has 0 bridgehead atoms. The number of thioether (sulfide) groups is 1. The molecule has 2 aromatic heterocycles. The molecule has 0 atom stereocenters. The van der Waals surface area contributed by atoms with Gasteiger partial charge in [0.1, 0.15) is 5.75 Å². The number of pyridine rings is 1. The van der Waals surface area contributed by atoms with E-state index in [1.165, 1.54) is 0 Å². The maximum absolute atomic E-state index is 5.54. The molecule has 0 aliphatic heterocycles. The number of ether oxygens (including phenoxy) is 2. The van der Waals surface area contributed by atoms with E-state index in [0.29, 0.717) is 19.8 Å². The van der Waals surface area contributed by atoms with Crippen LogP contribution in [0.1, 0.15) is 13.8 Å². The topological polar surface area (TPSA) is 62.1 Å². The van der Waals surface area contributed by atoms with Crippen LogP contribution in [0.25, 0.3) is 17.1 Å². The van der Waals surface area contributed by atoms with Crippen LogP contribution in [-0.4, -0.2) is 45.3 Å². The number of nitrogens with zero attached hydrogens (tertiary/aromatic N) is 4. The van der Waals surface area contributed by atoms with Crippen molar-refractivity contribution in [2.75, 3.05) is 25.6 Å². The highest BCUT2D eigenvalue weighted by atomic mass is 32.2. The summed E-state index contributed by atoms with van der Waals surface area (Å²) >= 11 is 1.63. The fourth-order valence-electron chi connectivity index (χ4n) is 2.48. The maximum Gasteiger partial charge on any atom is 0.196 e. The van der Waals surface area contributed by atoms with E-state index in [1.807, 2.05) is 50.2 Å². The van der Waals surface area contributed by atoms with Crippen molar-refractivity contribution in [3.63, 3.8) is 0 Å². The SMILES string of the molecule is CCOCCSc1nnc(-c2ccncc2)n1-c1ccc(OCC)cc1. The molecule has 26 heavy (non-hydrogen) atoms. The van der Waals surface area contributed by atoms with Gasteiger partial charge in [0.05, 0.1) is 13.2 Å². The highest BCUT2D eigenvalue weighted by molar-refractivity contribution is 7.99. The fourth-order valence-corrected chi connectivity index (χ4v) is 3.28. The number of benzene rings is 1. The predicted octanol–water partition coefficient (Wildman–Crippen LogP) is 3.86. The minimum atomic E-state index is 0.646. The molecule has 0 amide bonds. The molecule has 0 radical (unpaired) electrons. The molecule has 0 aliphatic carbocycles. The van der Waals surface area contributed by atoms with Gasteiger partial charge in [-0.1, -0.05) is 11.8 Å². The van der Waals surface area contributed by atoms with Gasteiger partial charge in [-0.05, 0) is 50.2 Å². The normalized spacial score (nSPS) is 10.8. The van der Waals surface area contributed by atoms with Crippen LogP contribution in [0.15, 0.2) is 53.9 Å². The van der Waals surface area contributed by atoms with Gasteiger partial charge in [-0.25, -0.2) is 0 Å². The van der Waals surface area contributed by atoms with E-state index in [0.717, 1.165) is 33.7 Å². The Bertz CT molecular complexity index is 806. The van der Waals surface area contributed by atoms with Gasteiger partial charge in [0.2, 0.25) is 0 Å². The highest BCUT2D eigenvalue weighted by Gasteiger charge is 2.16. The second-order valence-corrected chi connectivity index (χ2v) is 6.41. The summed E-state index contributed by atoms with van der Waals surface area (Å²) in [5, 5.41) is 9.64. The van der Waals surface area contributed by atoms with Gasteiger partial charge in [0, 0.05) is 36.0 Å². The summed E-state index contributed by atoms with van der Waals surface area (Å²) in [7, 11) is 0. The molecule has 0 aliphatic rings.